The highest BCUT2D eigenvalue weighted by molar-refractivity contribution is 7.80. The molecule has 2 fully saturated rings. The highest BCUT2D eigenvalue weighted by Gasteiger charge is 2.33. The Balaban J connectivity index is 1.44. The Hall–Kier alpha value is -2.41. The number of ether oxygens (including phenoxy) is 1. The van der Waals surface area contributed by atoms with Crippen LogP contribution in [0.15, 0.2) is 36.4 Å². The lowest BCUT2D eigenvalue weighted by atomic mass is 9.69. The fraction of sp³-hybridized carbons (Fsp3) is 0.542. The van der Waals surface area contributed by atoms with Crippen molar-refractivity contribution < 1.29 is 4.74 Å². The molecule has 166 valence electrons. The minimum Gasteiger partial charge on any atom is -0.481 e. The number of thiocarbonyl (C=S) groups is 1. The van der Waals surface area contributed by atoms with Gasteiger partial charge in [-0.05, 0) is 49.9 Å². The van der Waals surface area contributed by atoms with Crippen LogP contribution in [-0.2, 0) is 5.41 Å². The third kappa shape index (κ3) is 5.45. The van der Waals surface area contributed by atoms with E-state index in [1.165, 1.54) is 56.9 Å². The van der Waals surface area contributed by atoms with Crippen LogP contribution >= 0.6 is 12.2 Å². The second-order valence-corrected chi connectivity index (χ2v) is 9.06. The van der Waals surface area contributed by atoms with Crippen molar-refractivity contribution in [1.29, 1.82) is 0 Å². The molecule has 0 radical (unpaired) electrons. The summed E-state index contributed by atoms with van der Waals surface area (Å²) in [6.07, 6.45) is 9.86. The molecule has 4 rings (SSSR count). The maximum Gasteiger partial charge on any atom is 0.234 e. The van der Waals surface area contributed by atoms with Gasteiger partial charge in [-0.25, -0.2) is 0 Å². The Morgan fingerprint density at radius 2 is 1.74 bits per heavy atom. The first-order chi connectivity index (χ1) is 15.2. The Labute approximate surface area is 190 Å². The van der Waals surface area contributed by atoms with Gasteiger partial charge in [0.2, 0.25) is 11.8 Å². The average Bonchev–Trinajstić information content (AvgIpc) is 2.84. The lowest BCUT2D eigenvalue weighted by Gasteiger charge is -2.38. The summed E-state index contributed by atoms with van der Waals surface area (Å²) < 4.78 is 5.42. The quantitative estimate of drug-likeness (QED) is 0.635. The second-order valence-electron chi connectivity index (χ2n) is 8.65. The van der Waals surface area contributed by atoms with E-state index in [1.54, 1.807) is 7.11 Å². The summed E-state index contributed by atoms with van der Waals surface area (Å²) in [4.78, 5) is 11.5. The minimum absolute atomic E-state index is 0.124. The van der Waals surface area contributed by atoms with Crippen molar-refractivity contribution in [2.45, 2.75) is 56.8 Å². The molecule has 2 aliphatic rings. The Morgan fingerprint density at radius 1 is 1.03 bits per heavy atom. The van der Waals surface area contributed by atoms with Crippen molar-refractivity contribution in [2.24, 2.45) is 0 Å². The van der Waals surface area contributed by atoms with Crippen LogP contribution in [0.2, 0.25) is 0 Å². The van der Waals surface area contributed by atoms with Crippen LogP contribution in [0.3, 0.4) is 0 Å². The first-order valence-corrected chi connectivity index (χ1v) is 11.9. The molecular weight excluding hydrogens is 406 g/mol. The summed E-state index contributed by atoms with van der Waals surface area (Å²) in [7, 11) is 1.63. The van der Waals surface area contributed by atoms with Gasteiger partial charge in [0.1, 0.15) is 5.82 Å². The number of piperidine rings is 1. The standard InChI is InChI=1S/C24H33N5OS/c1-30-21-17-20(29-15-9-4-10-16-29)26-22(27-21)28-23(31)25-18-24(13-7-3-8-14-24)19-11-5-2-6-12-19/h2,5-6,11-12,17H,3-4,7-10,13-16,18H2,1H3,(H2,25,26,27,28,31). The molecule has 7 heteroatoms. The number of hydrogen-bond donors (Lipinski definition) is 2. The summed E-state index contributed by atoms with van der Waals surface area (Å²) in [5.41, 5.74) is 1.52. The number of aromatic nitrogens is 2. The second kappa shape index (κ2) is 10.3. The van der Waals surface area contributed by atoms with Gasteiger partial charge in [0.25, 0.3) is 0 Å². The zero-order chi connectivity index (χ0) is 21.5. The zero-order valence-corrected chi connectivity index (χ0v) is 19.2. The largest absolute Gasteiger partial charge is 0.481 e. The van der Waals surface area contributed by atoms with Crippen LogP contribution in [0.25, 0.3) is 0 Å². The maximum atomic E-state index is 5.63. The van der Waals surface area contributed by atoms with E-state index in [4.69, 9.17) is 21.9 Å². The van der Waals surface area contributed by atoms with Gasteiger partial charge in [-0.1, -0.05) is 49.6 Å². The van der Waals surface area contributed by atoms with Crippen molar-refractivity contribution in [1.82, 2.24) is 15.3 Å². The smallest absolute Gasteiger partial charge is 0.234 e. The van der Waals surface area contributed by atoms with Crippen molar-refractivity contribution in [3.63, 3.8) is 0 Å². The van der Waals surface area contributed by atoms with E-state index in [1.807, 2.05) is 6.07 Å². The molecule has 0 bridgehead atoms. The molecule has 6 nitrogen and oxygen atoms in total. The Morgan fingerprint density at radius 3 is 2.45 bits per heavy atom. The fourth-order valence-electron chi connectivity index (χ4n) is 4.84. The Bertz CT molecular complexity index is 864. The van der Waals surface area contributed by atoms with Gasteiger partial charge >= 0.3 is 0 Å². The fourth-order valence-corrected chi connectivity index (χ4v) is 5.00. The lowest BCUT2D eigenvalue weighted by molar-refractivity contribution is 0.292. The monoisotopic (exact) mass is 439 g/mol. The van der Waals surface area contributed by atoms with E-state index >= 15 is 0 Å². The van der Waals surface area contributed by atoms with Crippen molar-refractivity contribution in [2.75, 3.05) is 37.0 Å². The van der Waals surface area contributed by atoms with E-state index in [2.05, 4.69) is 50.8 Å². The zero-order valence-electron chi connectivity index (χ0n) is 18.4. The molecule has 1 aromatic carbocycles. The molecule has 2 aromatic rings. The molecule has 0 amide bonds. The topological polar surface area (TPSA) is 62.3 Å². The highest BCUT2D eigenvalue weighted by Crippen LogP contribution is 2.39. The van der Waals surface area contributed by atoms with Gasteiger partial charge in [0.05, 0.1) is 7.11 Å². The third-order valence-corrected chi connectivity index (χ3v) is 6.83. The SMILES string of the molecule is COc1cc(N2CCCCC2)nc(NC(=S)NCC2(c3ccccc3)CCCCC2)n1. The molecular formula is C24H33N5OS. The predicted molar refractivity (Wildman–Crippen MR) is 130 cm³/mol. The lowest BCUT2D eigenvalue weighted by Crippen LogP contribution is -2.43. The summed E-state index contributed by atoms with van der Waals surface area (Å²) in [5, 5.41) is 7.21. The number of methoxy groups -OCH3 is 1. The maximum absolute atomic E-state index is 5.63. The van der Waals surface area contributed by atoms with Crippen LogP contribution in [0.1, 0.15) is 56.9 Å². The van der Waals surface area contributed by atoms with E-state index in [-0.39, 0.29) is 5.41 Å². The molecule has 1 saturated heterocycles. The third-order valence-electron chi connectivity index (χ3n) is 6.59. The van der Waals surface area contributed by atoms with Crippen LogP contribution < -0.4 is 20.3 Å². The van der Waals surface area contributed by atoms with E-state index in [0.717, 1.165) is 25.5 Å². The Kier molecular flexibility index (Phi) is 7.22. The van der Waals surface area contributed by atoms with E-state index in [0.29, 0.717) is 16.9 Å². The molecule has 0 spiro atoms. The van der Waals surface area contributed by atoms with Crippen molar-refractivity contribution >= 4 is 29.1 Å². The van der Waals surface area contributed by atoms with Gasteiger partial charge < -0.3 is 20.3 Å². The molecule has 1 aliphatic heterocycles. The number of nitrogens with one attached hydrogen (secondary N) is 2. The molecule has 0 atom stereocenters. The van der Waals surface area contributed by atoms with Gasteiger partial charge in [-0.15, -0.1) is 0 Å². The molecule has 2 heterocycles. The summed E-state index contributed by atoms with van der Waals surface area (Å²) in [6, 6.07) is 12.8. The first kappa shape index (κ1) is 21.8. The van der Waals surface area contributed by atoms with Crippen molar-refractivity contribution in [3.8, 4) is 5.88 Å². The van der Waals surface area contributed by atoms with E-state index in [9.17, 15) is 0 Å². The average molecular weight is 440 g/mol. The highest BCUT2D eigenvalue weighted by atomic mass is 32.1. The summed E-state index contributed by atoms with van der Waals surface area (Å²) in [5.74, 6) is 1.92. The number of hydrogen-bond acceptors (Lipinski definition) is 5. The normalized spacial score (nSPS) is 18.3. The molecule has 1 aliphatic carbocycles. The number of rotatable bonds is 6. The molecule has 1 saturated carbocycles. The number of benzene rings is 1. The van der Waals surface area contributed by atoms with Crippen LogP contribution in [0.5, 0.6) is 5.88 Å². The van der Waals surface area contributed by atoms with Crippen LogP contribution in [-0.4, -0.2) is 41.8 Å². The minimum atomic E-state index is 0.124. The summed E-state index contributed by atoms with van der Waals surface area (Å²) in [6.45, 7) is 2.84. The molecule has 31 heavy (non-hydrogen) atoms. The van der Waals surface area contributed by atoms with Gasteiger partial charge in [0, 0.05) is 31.1 Å². The van der Waals surface area contributed by atoms with Gasteiger partial charge in [0.15, 0.2) is 5.11 Å². The molecule has 2 N–H and O–H groups in total. The number of nitrogens with zero attached hydrogens (tertiary/aromatic N) is 3. The van der Waals surface area contributed by atoms with Gasteiger partial charge in [-0.2, -0.15) is 9.97 Å². The van der Waals surface area contributed by atoms with Crippen molar-refractivity contribution in [3.05, 3.63) is 42.0 Å². The molecule has 0 unspecified atom stereocenters. The predicted octanol–water partition coefficient (Wildman–Crippen LogP) is 4.66. The van der Waals surface area contributed by atoms with Crippen LogP contribution in [0, 0.1) is 0 Å². The molecule has 1 aromatic heterocycles. The first-order valence-electron chi connectivity index (χ1n) is 11.5. The van der Waals surface area contributed by atoms with E-state index < -0.39 is 0 Å². The summed E-state index contributed by atoms with van der Waals surface area (Å²) >= 11 is 5.63. The van der Waals surface area contributed by atoms with Crippen LogP contribution in [0.4, 0.5) is 11.8 Å². The van der Waals surface area contributed by atoms with Gasteiger partial charge in [-0.3, -0.25) is 0 Å². The number of anilines is 2.